The summed E-state index contributed by atoms with van der Waals surface area (Å²) < 4.78 is 1.53. The van der Waals surface area contributed by atoms with Crippen LogP contribution in [0, 0.1) is 0 Å². The Morgan fingerprint density at radius 3 is 2.70 bits per heavy atom. The molecule has 0 fully saturated rings. The maximum atomic E-state index is 12.7. The fourth-order valence-electron chi connectivity index (χ4n) is 2.11. The molecule has 0 spiro atoms. The highest BCUT2D eigenvalue weighted by atomic mass is 35.5. The zero-order valence-electron chi connectivity index (χ0n) is 10.7. The summed E-state index contributed by atoms with van der Waals surface area (Å²) >= 11 is 7.45. The highest BCUT2D eigenvalue weighted by Gasteiger charge is 2.18. The van der Waals surface area contributed by atoms with Crippen LogP contribution >= 0.6 is 22.9 Å². The van der Waals surface area contributed by atoms with Gasteiger partial charge in [0, 0.05) is 5.38 Å². The average Bonchev–Trinajstić information content (AvgIpc) is 2.81. The summed E-state index contributed by atoms with van der Waals surface area (Å²) in [6.07, 6.45) is 0. The molecule has 3 rings (SSSR count). The van der Waals surface area contributed by atoms with Crippen molar-refractivity contribution in [3.63, 3.8) is 0 Å². The van der Waals surface area contributed by atoms with Gasteiger partial charge in [0.2, 0.25) is 0 Å². The molecule has 0 bridgehead atoms. The minimum atomic E-state index is -0.354. The second-order valence-electron chi connectivity index (χ2n) is 4.50. The van der Waals surface area contributed by atoms with Crippen molar-refractivity contribution < 1.29 is 0 Å². The van der Waals surface area contributed by atoms with Crippen molar-refractivity contribution in [2.75, 3.05) is 0 Å². The lowest BCUT2D eigenvalue weighted by Gasteiger charge is -2.14. The molecule has 2 aromatic heterocycles. The molecule has 1 aromatic carbocycles. The number of nitrogens with zero attached hydrogens (tertiary/aromatic N) is 2. The second-order valence-corrected chi connectivity index (χ2v) is 5.76. The summed E-state index contributed by atoms with van der Waals surface area (Å²) in [5.74, 6) is 0.534. The Bertz CT molecular complexity index is 824. The van der Waals surface area contributed by atoms with Gasteiger partial charge in [-0.1, -0.05) is 29.8 Å². The van der Waals surface area contributed by atoms with Gasteiger partial charge in [-0.05, 0) is 19.1 Å². The number of hydrogen-bond acceptors (Lipinski definition) is 4. The number of para-hydroxylation sites is 1. The number of aromatic nitrogens is 2. The maximum absolute atomic E-state index is 12.7. The summed E-state index contributed by atoms with van der Waals surface area (Å²) in [7, 11) is 0. The van der Waals surface area contributed by atoms with E-state index in [9.17, 15) is 4.79 Å². The Labute approximate surface area is 124 Å². The third-order valence-corrected chi connectivity index (χ3v) is 4.31. The number of rotatable bonds is 2. The largest absolute Gasteiger partial charge is 0.322 e. The monoisotopic (exact) mass is 305 g/mol. The van der Waals surface area contributed by atoms with Gasteiger partial charge in [-0.3, -0.25) is 9.36 Å². The summed E-state index contributed by atoms with van der Waals surface area (Å²) in [5, 5.41) is 2.61. The zero-order valence-corrected chi connectivity index (χ0v) is 12.3. The van der Waals surface area contributed by atoms with Crippen LogP contribution in [0.1, 0.15) is 18.8 Å². The van der Waals surface area contributed by atoms with E-state index in [1.165, 1.54) is 15.9 Å². The summed E-state index contributed by atoms with van der Waals surface area (Å²) in [4.78, 5) is 17.9. The lowest BCUT2D eigenvalue weighted by molar-refractivity contribution is 0.697. The normalized spacial score (nSPS) is 12.8. The molecule has 0 aliphatic carbocycles. The number of halogens is 1. The lowest BCUT2D eigenvalue weighted by atomic mass is 10.2. The van der Waals surface area contributed by atoms with Crippen molar-refractivity contribution in [2.45, 2.75) is 13.0 Å². The molecule has 1 atom stereocenters. The quantitative estimate of drug-likeness (QED) is 0.791. The molecular weight excluding hydrogens is 294 g/mol. The minimum Gasteiger partial charge on any atom is -0.322 e. The van der Waals surface area contributed by atoms with Crippen LogP contribution in [0.25, 0.3) is 15.9 Å². The SMILES string of the molecule is CC(N)c1nc2scc(Cl)c2c(=O)n1-c1ccccc1. The molecule has 0 aliphatic heterocycles. The molecular formula is C14H12ClN3OS. The van der Waals surface area contributed by atoms with E-state index in [0.717, 1.165) is 5.69 Å². The molecule has 1 unspecified atom stereocenters. The molecule has 0 saturated heterocycles. The van der Waals surface area contributed by atoms with E-state index < -0.39 is 0 Å². The summed E-state index contributed by atoms with van der Waals surface area (Å²) in [6.45, 7) is 1.81. The Balaban J connectivity index is 2.45. The van der Waals surface area contributed by atoms with Gasteiger partial charge in [-0.25, -0.2) is 4.98 Å². The van der Waals surface area contributed by atoms with Crippen LogP contribution in [0.3, 0.4) is 0 Å². The van der Waals surface area contributed by atoms with Gasteiger partial charge in [0.1, 0.15) is 10.7 Å². The summed E-state index contributed by atoms with van der Waals surface area (Å²) in [5.41, 5.74) is 6.52. The van der Waals surface area contributed by atoms with E-state index in [4.69, 9.17) is 17.3 Å². The van der Waals surface area contributed by atoms with Crippen LogP contribution in [0.4, 0.5) is 0 Å². The first-order valence-electron chi connectivity index (χ1n) is 6.10. The van der Waals surface area contributed by atoms with E-state index in [2.05, 4.69) is 4.98 Å². The van der Waals surface area contributed by atoms with Crippen LogP contribution in [0.5, 0.6) is 0 Å². The van der Waals surface area contributed by atoms with Crippen molar-refractivity contribution in [2.24, 2.45) is 5.73 Å². The number of benzene rings is 1. The first kappa shape index (κ1) is 13.3. The van der Waals surface area contributed by atoms with Gasteiger partial charge in [0.25, 0.3) is 5.56 Å². The molecule has 102 valence electrons. The van der Waals surface area contributed by atoms with Crippen LogP contribution in [-0.4, -0.2) is 9.55 Å². The van der Waals surface area contributed by atoms with Crippen molar-refractivity contribution in [1.82, 2.24) is 9.55 Å². The fraction of sp³-hybridized carbons (Fsp3) is 0.143. The van der Waals surface area contributed by atoms with E-state index in [1.54, 1.807) is 5.38 Å². The molecule has 0 saturated carbocycles. The third-order valence-electron chi connectivity index (χ3n) is 3.01. The molecule has 20 heavy (non-hydrogen) atoms. The van der Waals surface area contributed by atoms with Crippen LogP contribution in [0.2, 0.25) is 5.02 Å². The Morgan fingerprint density at radius 1 is 1.35 bits per heavy atom. The second kappa shape index (κ2) is 5.01. The standard InChI is InChI=1S/C14H12ClN3OS/c1-8(16)12-17-13-11(10(15)7-20-13)14(19)18(12)9-5-3-2-4-6-9/h2-8H,16H2,1H3. The highest BCUT2D eigenvalue weighted by molar-refractivity contribution is 7.17. The van der Waals surface area contributed by atoms with Gasteiger partial charge >= 0.3 is 0 Å². The molecule has 0 aliphatic rings. The van der Waals surface area contributed by atoms with Crippen molar-refractivity contribution >= 4 is 33.2 Å². The number of hydrogen-bond donors (Lipinski definition) is 1. The van der Waals surface area contributed by atoms with Crippen molar-refractivity contribution in [3.8, 4) is 5.69 Å². The van der Waals surface area contributed by atoms with E-state index in [-0.39, 0.29) is 11.6 Å². The lowest BCUT2D eigenvalue weighted by Crippen LogP contribution is -2.27. The van der Waals surface area contributed by atoms with Gasteiger partial charge in [0.05, 0.1) is 22.1 Å². The predicted octanol–water partition coefficient (Wildman–Crippen LogP) is 3.12. The molecule has 3 aromatic rings. The van der Waals surface area contributed by atoms with Gasteiger partial charge in [0.15, 0.2) is 0 Å². The first-order chi connectivity index (χ1) is 9.59. The van der Waals surface area contributed by atoms with Gasteiger partial charge in [-0.15, -0.1) is 11.3 Å². The number of fused-ring (bicyclic) bond motifs is 1. The summed E-state index contributed by atoms with van der Waals surface area (Å²) in [6, 6.07) is 8.97. The van der Waals surface area contributed by atoms with Crippen molar-refractivity contribution in [1.29, 1.82) is 0 Å². The van der Waals surface area contributed by atoms with E-state index >= 15 is 0 Å². The van der Waals surface area contributed by atoms with E-state index in [0.29, 0.717) is 21.1 Å². The molecule has 0 radical (unpaired) electrons. The molecule has 0 amide bonds. The number of nitrogens with two attached hydrogens (primary N) is 1. The molecule has 2 heterocycles. The maximum Gasteiger partial charge on any atom is 0.268 e. The Morgan fingerprint density at radius 2 is 2.05 bits per heavy atom. The predicted molar refractivity (Wildman–Crippen MR) is 82.8 cm³/mol. The fourth-order valence-corrected chi connectivity index (χ4v) is 3.26. The van der Waals surface area contributed by atoms with Crippen LogP contribution in [0.15, 0.2) is 40.5 Å². The van der Waals surface area contributed by atoms with Crippen LogP contribution in [-0.2, 0) is 0 Å². The molecule has 2 N–H and O–H groups in total. The average molecular weight is 306 g/mol. The number of thiophene rings is 1. The van der Waals surface area contributed by atoms with Gasteiger partial charge < -0.3 is 5.73 Å². The highest BCUT2D eigenvalue weighted by Crippen LogP contribution is 2.27. The smallest absolute Gasteiger partial charge is 0.268 e. The Hall–Kier alpha value is -1.69. The zero-order chi connectivity index (χ0) is 14.3. The van der Waals surface area contributed by atoms with Gasteiger partial charge in [-0.2, -0.15) is 0 Å². The van der Waals surface area contributed by atoms with E-state index in [1.807, 2.05) is 37.3 Å². The Kier molecular flexibility index (Phi) is 3.33. The molecule has 4 nitrogen and oxygen atoms in total. The minimum absolute atomic E-state index is 0.181. The molecule has 6 heteroatoms. The first-order valence-corrected chi connectivity index (χ1v) is 7.36. The topological polar surface area (TPSA) is 60.9 Å². The van der Waals surface area contributed by atoms with Crippen LogP contribution < -0.4 is 11.3 Å². The third kappa shape index (κ3) is 2.04. The van der Waals surface area contributed by atoms with Crippen molar-refractivity contribution in [3.05, 3.63) is 56.9 Å².